The van der Waals surface area contributed by atoms with Gasteiger partial charge in [0.15, 0.2) is 14.8 Å². The van der Waals surface area contributed by atoms with E-state index in [0.717, 1.165) is 23.0 Å². The quantitative estimate of drug-likeness (QED) is 0.176. The van der Waals surface area contributed by atoms with E-state index in [0.29, 0.717) is 20.0 Å². The fourth-order valence-corrected chi connectivity index (χ4v) is 5.01. The van der Waals surface area contributed by atoms with Crippen LogP contribution in [0.2, 0.25) is 0 Å². The lowest BCUT2D eigenvalue weighted by Gasteiger charge is -2.09. The number of thioether (sulfide) groups is 1. The minimum Gasteiger partial charge on any atom is -0.465 e. The second-order valence-electron chi connectivity index (χ2n) is 6.94. The average Bonchev–Trinajstić information content (AvgIpc) is 3.14. The van der Waals surface area contributed by atoms with E-state index in [1.807, 2.05) is 31.2 Å². The number of thiazole rings is 1. The van der Waals surface area contributed by atoms with Crippen molar-refractivity contribution >= 4 is 63.2 Å². The predicted molar refractivity (Wildman–Crippen MR) is 132 cm³/mol. The summed E-state index contributed by atoms with van der Waals surface area (Å²) in [5, 5.41) is 2.98. The van der Waals surface area contributed by atoms with Crippen molar-refractivity contribution in [3.05, 3.63) is 74.0 Å². The van der Waals surface area contributed by atoms with Gasteiger partial charge in [-0.3, -0.25) is 14.2 Å². The number of ether oxygens (including phenoxy) is 1. The Bertz CT molecular complexity index is 1470. The number of aromatic amines is 1. The van der Waals surface area contributed by atoms with Gasteiger partial charge in [-0.2, -0.15) is 0 Å². The van der Waals surface area contributed by atoms with Crippen LogP contribution in [0.4, 0.5) is 5.69 Å². The fourth-order valence-electron chi connectivity index (χ4n) is 3.08. The zero-order valence-corrected chi connectivity index (χ0v) is 20.0. The van der Waals surface area contributed by atoms with Crippen molar-refractivity contribution in [3.63, 3.8) is 0 Å². The minimum absolute atomic E-state index is 0.0284. The van der Waals surface area contributed by atoms with Crippen molar-refractivity contribution in [2.75, 3.05) is 18.2 Å². The molecule has 2 aromatic carbocycles. The molecule has 0 unspecified atom stereocenters. The van der Waals surface area contributed by atoms with Crippen molar-refractivity contribution in [2.45, 2.75) is 12.1 Å². The zero-order chi connectivity index (χ0) is 23.5. The topological polar surface area (TPSA) is 106 Å². The first-order valence-electron chi connectivity index (χ1n) is 9.70. The third kappa shape index (κ3) is 4.90. The van der Waals surface area contributed by atoms with Crippen LogP contribution in [-0.2, 0) is 9.53 Å². The molecule has 168 valence electrons. The highest BCUT2D eigenvalue weighted by Crippen LogP contribution is 2.25. The van der Waals surface area contributed by atoms with Crippen LogP contribution in [0.1, 0.15) is 15.9 Å². The van der Waals surface area contributed by atoms with Crippen molar-refractivity contribution in [2.24, 2.45) is 0 Å². The number of nitrogens with one attached hydrogen (secondary N) is 2. The third-order valence-electron chi connectivity index (χ3n) is 4.66. The molecule has 2 N–H and O–H groups in total. The van der Waals surface area contributed by atoms with Gasteiger partial charge in [0.2, 0.25) is 5.91 Å². The Hall–Kier alpha value is -3.28. The smallest absolute Gasteiger partial charge is 0.339 e. The lowest BCUT2D eigenvalue weighted by molar-refractivity contribution is -0.113. The van der Waals surface area contributed by atoms with E-state index in [2.05, 4.69) is 15.3 Å². The Kier molecular flexibility index (Phi) is 6.72. The van der Waals surface area contributed by atoms with Crippen LogP contribution < -0.4 is 10.9 Å². The average molecular weight is 499 g/mol. The molecule has 4 rings (SSSR count). The van der Waals surface area contributed by atoms with Crippen LogP contribution in [0.5, 0.6) is 0 Å². The van der Waals surface area contributed by atoms with Gasteiger partial charge in [0.25, 0.3) is 5.56 Å². The van der Waals surface area contributed by atoms with Crippen molar-refractivity contribution in [1.29, 1.82) is 0 Å². The molecule has 0 radical (unpaired) electrons. The number of benzene rings is 2. The fraction of sp³-hybridized carbons (Fsp3) is 0.136. The minimum atomic E-state index is -0.548. The summed E-state index contributed by atoms with van der Waals surface area (Å²) in [6.07, 6.45) is 0. The number of fused-ring (bicyclic) bond motifs is 1. The Labute approximate surface area is 201 Å². The van der Waals surface area contributed by atoms with Crippen LogP contribution in [0.3, 0.4) is 0 Å². The number of anilines is 1. The molecule has 4 aromatic rings. The first kappa shape index (κ1) is 22.9. The molecule has 0 atom stereocenters. The van der Waals surface area contributed by atoms with Gasteiger partial charge >= 0.3 is 5.97 Å². The number of esters is 1. The maximum absolute atomic E-state index is 12.6. The highest BCUT2D eigenvalue weighted by Gasteiger charge is 2.16. The summed E-state index contributed by atoms with van der Waals surface area (Å²) in [5.74, 6) is -0.938. The maximum atomic E-state index is 12.6. The Balaban J connectivity index is 1.58. The number of para-hydroxylation sites is 1. The van der Waals surface area contributed by atoms with Gasteiger partial charge in [0.1, 0.15) is 4.70 Å². The number of aromatic nitrogens is 3. The van der Waals surface area contributed by atoms with E-state index >= 15 is 0 Å². The van der Waals surface area contributed by atoms with E-state index in [4.69, 9.17) is 17.0 Å². The van der Waals surface area contributed by atoms with Crippen LogP contribution in [0, 0.1) is 10.9 Å². The number of hydrogen-bond donors (Lipinski definition) is 2. The summed E-state index contributed by atoms with van der Waals surface area (Å²) >= 11 is 7.73. The molecule has 0 aliphatic rings. The lowest BCUT2D eigenvalue weighted by atomic mass is 10.2. The summed E-state index contributed by atoms with van der Waals surface area (Å²) in [7, 11) is 1.27. The van der Waals surface area contributed by atoms with Gasteiger partial charge in [0.05, 0.1) is 24.1 Å². The predicted octanol–water partition coefficient (Wildman–Crippen LogP) is 4.33. The number of aryl methyl sites for hydroxylation is 1. The molecule has 0 fully saturated rings. The number of H-pyrrole nitrogens is 1. The summed E-state index contributed by atoms with van der Waals surface area (Å²) in [6.45, 7) is 1.99. The van der Waals surface area contributed by atoms with E-state index in [1.165, 1.54) is 18.4 Å². The first-order chi connectivity index (χ1) is 15.9. The van der Waals surface area contributed by atoms with Gasteiger partial charge in [0, 0.05) is 5.69 Å². The molecule has 1 amide bonds. The number of rotatable bonds is 6. The van der Waals surface area contributed by atoms with Crippen LogP contribution in [0.25, 0.3) is 16.0 Å². The standard InChI is InChI=1S/C22H18N4O4S3/c1-12-7-9-13(10-8-12)26-18-17(33-22(26)31)19(28)25-21(24-18)32-11-16(27)23-15-6-4-3-5-14(15)20(29)30-2/h3-10H,11H2,1-2H3,(H,23,27)(H,24,25,28). The molecule has 2 heterocycles. The molecule has 0 aliphatic carbocycles. The molecule has 2 aromatic heterocycles. The lowest BCUT2D eigenvalue weighted by Crippen LogP contribution is -2.18. The first-order valence-corrected chi connectivity index (χ1v) is 11.9. The molecule has 0 saturated heterocycles. The second kappa shape index (κ2) is 9.69. The number of hydrogen-bond acceptors (Lipinski definition) is 8. The summed E-state index contributed by atoms with van der Waals surface area (Å²) in [5.41, 5.74) is 2.63. The Morgan fingerprint density at radius 1 is 1.21 bits per heavy atom. The molecule has 11 heteroatoms. The van der Waals surface area contributed by atoms with Crippen molar-refractivity contribution in [3.8, 4) is 5.69 Å². The summed E-state index contributed by atoms with van der Waals surface area (Å²) < 4.78 is 7.42. The van der Waals surface area contributed by atoms with Gasteiger partial charge in [-0.25, -0.2) is 9.78 Å². The SMILES string of the molecule is COC(=O)c1ccccc1NC(=O)CSc1nc2c(sc(=S)n2-c2ccc(C)cc2)c(=O)[nH]1. The number of carbonyl (C=O) groups is 2. The number of carbonyl (C=O) groups excluding carboxylic acids is 2. The van der Waals surface area contributed by atoms with Crippen LogP contribution in [0.15, 0.2) is 58.5 Å². The highest BCUT2D eigenvalue weighted by atomic mass is 32.2. The highest BCUT2D eigenvalue weighted by molar-refractivity contribution is 7.99. The van der Waals surface area contributed by atoms with Crippen molar-refractivity contribution in [1.82, 2.24) is 14.5 Å². The number of nitrogens with zero attached hydrogens (tertiary/aromatic N) is 2. The molecule has 0 aliphatic heterocycles. The third-order valence-corrected chi connectivity index (χ3v) is 6.89. The van der Waals surface area contributed by atoms with E-state index in [9.17, 15) is 14.4 Å². The normalized spacial score (nSPS) is 10.8. The summed E-state index contributed by atoms with van der Waals surface area (Å²) in [6, 6.07) is 14.3. The zero-order valence-electron chi connectivity index (χ0n) is 17.6. The van der Waals surface area contributed by atoms with E-state index < -0.39 is 5.97 Å². The molecular weight excluding hydrogens is 480 g/mol. The Morgan fingerprint density at radius 3 is 2.67 bits per heavy atom. The van der Waals surface area contributed by atoms with Gasteiger partial charge in [-0.1, -0.05) is 52.9 Å². The van der Waals surface area contributed by atoms with Crippen LogP contribution >= 0.6 is 35.3 Å². The van der Waals surface area contributed by atoms with Gasteiger partial charge in [-0.05, 0) is 43.4 Å². The monoisotopic (exact) mass is 498 g/mol. The molecule has 0 saturated carbocycles. The van der Waals surface area contributed by atoms with Crippen LogP contribution in [-0.4, -0.2) is 39.3 Å². The molecular formula is C22H18N4O4S3. The second-order valence-corrected chi connectivity index (χ2v) is 9.54. The molecule has 0 spiro atoms. The Morgan fingerprint density at radius 2 is 1.94 bits per heavy atom. The number of methoxy groups -OCH3 is 1. The summed E-state index contributed by atoms with van der Waals surface area (Å²) in [4.78, 5) is 44.3. The largest absolute Gasteiger partial charge is 0.465 e. The molecule has 8 nitrogen and oxygen atoms in total. The van der Waals surface area contributed by atoms with Crippen molar-refractivity contribution < 1.29 is 14.3 Å². The van der Waals surface area contributed by atoms with Gasteiger partial charge < -0.3 is 15.0 Å². The maximum Gasteiger partial charge on any atom is 0.339 e. The van der Waals surface area contributed by atoms with Gasteiger partial charge in [-0.15, -0.1) is 0 Å². The van der Waals surface area contributed by atoms with E-state index in [1.54, 1.807) is 28.8 Å². The molecule has 0 bridgehead atoms. The van der Waals surface area contributed by atoms with E-state index in [-0.39, 0.29) is 27.9 Å². The number of amides is 1. The molecule has 33 heavy (non-hydrogen) atoms.